The van der Waals surface area contributed by atoms with Crippen LogP contribution in [0.2, 0.25) is 0 Å². The van der Waals surface area contributed by atoms with Crippen LogP contribution in [0.3, 0.4) is 0 Å². The highest BCUT2D eigenvalue weighted by molar-refractivity contribution is 5.78. The number of nitrogens with zero attached hydrogens (tertiary/aromatic N) is 2. The third-order valence-corrected chi connectivity index (χ3v) is 3.54. The van der Waals surface area contributed by atoms with Crippen molar-refractivity contribution < 1.29 is 4.74 Å². The van der Waals surface area contributed by atoms with Crippen molar-refractivity contribution in [3.63, 3.8) is 0 Å². The van der Waals surface area contributed by atoms with Gasteiger partial charge in [-0.15, -0.1) is 0 Å². The second-order valence-corrected chi connectivity index (χ2v) is 4.82. The van der Waals surface area contributed by atoms with Gasteiger partial charge in [0.05, 0.1) is 17.6 Å². The van der Waals surface area contributed by atoms with Gasteiger partial charge in [0, 0.05) is 36.6 Å². The lowest BCUT2D eigenvalue weighted by Gasteiger charge is -2.20. The van der Waals surface area contributed by atoms with Gasteiger partial charge in [-0.2, -0.15) is 0 Å². The molecule has 1 fully saturated rings. The number of nitrogens with one attached hydrogen (secondary N) is 1. The van der Waals surface area contributed by atoms with Gasteiger partial charge in [-0.25, -0.2) is 0 Å². The predicted octanol–water partition coefficient (Wildman–Crippen LogP) is 2.47. The van der Waals surface area contributed by atoms with E-state index in [2.05, 4.69) is 34.3 Å². The first-order chi connectivity index (χ1) is 8.83. The zero-order valence-electron chi connectivity index (χ0n) is 10.5. The molecule has 0 bridgehead atoms. The van der Waals surface area contributed by atoms with Crippen molar-refractivity contribution in [1.82, 2.24) is 9.97 Å². The number of hydrogen-bond donors (Lipinski definition) is 1. The van der Waals surface area contributed by atoms with Gasteiger partial charge in [0.2, 0.25) is 0 Å². The summed E-state index contributed by atoms with van der Waals surface area (Å²) in [5, 5.41) is 3.53. The Morgan fingerprint density at radius 2 is 2.11 bits per heavy atom. The van der Waals surface area contributed by atoms with E-state index in [0.29, 0.717) is 12.0 Å². The van der Waals surface area contributed by atoms with Crippen LogP contribution in [0.5, 0.6) is 0 Å². The summed E-state index contributed by atoms with van der Waals surface area (Å²) in [5.41, 5.74) is 2.96. The van der Waals surface area contributed by atoms with Gasteiger partial charge < -0.3 is 10.1 Å². The van der Waals surface area contributed by atoms with Gasteiger partial charge in [0.25, 0.3) is 0 Å². The Hall–Kier alpha value is -1.68. The van der Waals surface area contributed by atoms with Crippen LogP contribution in [0.4, 0.5) is 5.69 Å². The topological polar surface area (TPSA) is 47.0 Å². The minimum Gasteiger partial charge on any atom is -0.382 e. The highest BCUT2D eigenvalue weighted by atomic mass is 16.5. The summed E-state index contributed by atoms with van der Waals surface area (Å²) < 4.78 is 5.42. The fraction of sp³-hybridized carbons (Fsp3) is 0.429. The van der Waals surface area contributed by atoms with Crippen molar-refractivity contribution >= 4 is 16.7 Å². The van der Waals surface area contributed by atoms with E-state index in [-0.39, 0.29) is 0 Å². The zero-order chi connectivity index (χ0) is 12.4. The second kappa shape index (κ2) is 4.90. The van der Waals surface area contributed by atoms with Gasteiger partial charge in [-0.05, 0) is 31.5 Å². The van der Waals surface area contributed by atoms with Crippen LogP contribution in [0.25, 0.3) is 11.0 Å². The number of ether oxygens (including phenoxy) is 1. The standard InChI is InChI=1S/C14H17N3O/c1-10(11-4-7-18-9-11)17-12-2-3-13-14(8-12)16-6-5-15-13/h2-3,5-6,8,10-11,17H,4,7,9H2,1H3. The Bertz CT molecular complexity index is 537. The molecule has 0 radical (unpaired) electrons. The molecule has 1 N–H and O–H groups in total. The smallest absolute Gasteiger partial charge is 0.0907 e. The lowest BCUT2D eigenvalue weighted by molar-refractivity contribution is 0.183. The number of benzene rings is 1. The Balaban J connectivity index is 1.77. The third kappa shape index (κ3) is 2.29. The Morgan fingerprint density at radius 1 is 1.28 bits per heavy atom. The molecule has 2 aromatic rings. The fourth-order valence-corrected chi connectivity index (χ4v) is 2.38. The van der Waals surface area contributed by atoms with Crippen LogP contribution >= 0.6 is 0 Å². The minimum atomic E-state index is 0.418. The van der Waals surface area contributed by atoms with E-state index >= 15 is 0 Å². The van der Waals surface area contributed by atoms with E-state index in [0.717, 1.165) is 36.4 Å². The summed E-state index contributed by atoms with van der Waals surface area (Å²) in [6.07, 6.45) is 4.58. The molecule has 0 aliphatic carbocycles. The molecule has 4 heteroatoms. The summed E-state index contributed by atoms with van der Waals surface area (Å²) in [5.74, 6) is 0.600. The Morgan fingerprint density at radius 3 is 2.89 bits per heavy atom. The number of aromatic nitrogens is 2. The molecule has 0 saturated carbocycles. The maximum atomic E-state index is 5.42. The number of anilines is 1. The molecule has 1 aliphatic rings. The normalized spacial score (nSPS) is 21.1. The van der Waals surface area contributed by atoms with Crippen molar-refractivity contribution in [2.45, 2.75) is 19.4 Å². The van der Waals surface area contributed by atoms with Crippen molar-refractivity contribution in [2.24, 2.45) is 5.92 Å². The molecule has 1 aliphatic heterocycles. The van der Waals surface area contributed by atoms with Gasteiger partial charge in [-0.1, -0.05) is 0 Å². The summed E-state index contributed by atoms with van der Waals surface area (Å²) in [4.78, 5) is 8.59. The molecule has 0 spiro atoms. The largest absolute Gasteiger partial charge is 0.382 e. The van der Waals surface area contributed by atoms with E-state index in [1.165, 1.54) is 0 Å². The van der Waals surface area contributed by atoms with Gasteiger partial charge in [0.1, 0.15) is 0 Å². The first-order valence-electron chi connectivity index (χ1n) is 6.38. The van der Waals surface area contributed by atoms with E-state index in [9.17, 15) is 0 Å². The predicted molar refractivity (Wildman–Crippen MR) is 71.5 cm³/mol. The first kappa shape index (κ1) is 11.4. The molecule has 3 rings (SSSR count). The molecule has 2 heterocycles. The van der Waals surface area contributed by atoms with Crippen LogP contribution in [0.15, 0.2) is 30.6 Å². The van der Waals surface area contributed by atoms with Gasteiger partial charge >= 0.3 is 0 Å². The summed E-state index contributed by atoms with van der Waals surface area (Å²) in [6.45, 7) is 3.96. The SMILES string of the molecule is CC(Nc1ccc2nccnc2c1)C1CCOC1. The maximum Gasteiger partial charge on any atom is 0.0907 e. The van der Waals surface area contributed by atoms with E-state index < -0.39 is 0 Å². The minimum absolute atomic E-state index is 0.418. The highest BCUT2D eigenvalue weighted by Crippen LogP contribution is 2.21. The van der Waals surface area contributed by atoms with E-state index in [1.54, 1.807) is 12.4 Å². The Labute approximate surface area is 106 Å². The molecule has 1 aromatic heterocycles. The molecule has 1 aromatic carbocycles. The number of fused-ring (bicyclic) bond motifs is 1. The average Bonchev–Trinajstić information content (AvgIpc) is 2.92. The van der Waals surface area contributed by atoms with Crippen molar-refractivity contribution in [1.29, 1.82) is 0 Å². The fourth-order valence-electron chi connectivity index (χ4n) is 2.38. The van der Waals surface area contributed by atoms with Crippen LogP contribution in [-0.2, 0) is 4.74 Å². The molecule has 4 nitrogen and oxygen atoms in total. The van der Waals surface area contributed by atoms with Crippen LogP contribution in [0, 0.1) is 5.92 Å². The van der Waals surface area contributed by atoms with Gasteiger partial charge in [-0.3, -0.25) is 9.97 Å². The summed E-state index contributed by atoms with van der Waals surface area (Å²) in [7, 11) is 0. The van der Waals surface area contributed by atoms with Crippen molar-refractivity contribution in [3.8, 4) is 0 Å². The number of rotatable bonds is 3. The first-order valence-corrected chi connectivity index (χ1v) is 6.38. The van der Waals surface area contributed by atoms with E-state index in [1.807, 2.05) is 6.07 Å². The number of hydrogen-bond acceptors (Lipinski definition) is 4. The highest BCUT2D eigenvalue weighted by Gasteiger charge is 2.22. The average molecular weight is 243 g/mol. The second-order valence-electron chi connectivity index (χ2n) is 4.82. The van der Waals surface area contributed by atoms with Crippen LogP contribution in [0.1, 0.15) is 13.3 Å². The lowest BCUT2D eigenvalue weighted by Crippen LogP contribution is -2.26. The summed E-state index contributed by atoms with van der Waals surface area (Å²) in [6, 6.07) is 6.53. The third-order valence-electron chi connectivity index (χ3n) is 3.54. The van der Waals surface area contributed by atoms with Crippen molar-refractivity contribution in [3.05, 3.63) is 30.6 Å². The van der Waals surface area contributed by atoms with Crippen molar-refractivity contribution in [2.75, 3.05) is 18.5 Å². The molecular weight excluding hydrogens is 226 g/mol. The monoisotopic (exact) mass is 243 g/mol. The molecule has 0 amide bonds. The van der Waals surface area contributed by atoms with Crippen LogP contribution in [-0.4, -0.2) is 29.2 Å². The molecule has 94 valence electrons. The molecule has 1 saturated heterocycles. The van der Waals surface area contributed by atoms with Crippen LogP contribution < -0.4 is 5.32 Å². The Kier molecular flexibility index (Phi) is 3.11. The van der Waals surface area contributed by atoms with E-state index in [4.69, 9.17) is 4.74 Å². The molecular formula is C14H17N3O. The molecule has 18 heavy (non-hydrogen) atoms. The summed E-state index contributed by atoms with van der Waals surface area (Å²) >= 11 is 0. The molecule has 2 unspecified atom stereocenters. The van der Waals surface area contributed by atoms with Gasteiger partial charge in [0.15, 0.2) is 0 Å². The quantitative estimate of drug-likeness (QED) is 0.899. The maximum absolute atomic E-state index is 5.42. The molecule has 2 atom stereocenters. The zero-order valence-corrected chi connectivity index (χ0v) is 10.5. The lowest BCUT2D eigenvalue weighted by atomic mass is 10.0.